The fourth-order valence-electron chi connectivity index (χ4n) is 4.20. The van der Waals surface area contributed by atoms with E-state index in [1.807, 2.05) is 26.2 Å². The molecule has 0 radical (unpaired) electrons. The second-order valence-corrected chi connectivity index (χ2v) is 7.51. The molecule has 2 aliphatic rings. The minimum atomic E-state index is -0.102. The molecule has 5 nitrogen and oxygen atoms in total. The lowest BCUT2D eigenvalue weighted by molar-refractivity contribution is -0.116. The van der Waals surface area contributed by atoms with Gasteiger partial charge in [0, 0.05) is 55.1 Å². The first-order valence-corrected chi connectivity index (χ1v) is 9.60. The molecule has 0 bridgehead atoms. The molecule has 146 valence electrons. The number of fused-ring (bicyclic) bond motifs is 1. The summed E-state index contributed by atoms with van der Waals surface area (Å²) >= 11 is 0. The number of ether oxygens (including phenoxy) is 2. The van der Waals surface area contributed by atoms with E-state index in [0.717, 1.165) is 46.6 Å². The minimum Gasteiger partial charge on any atom is -0.493 e. The van der Waals surface area contributed by atoms with E-state index in [1.54, 1.807) is 14.2 Å². The summed E-state index contributed by atoms with van der Waals surface area (Å²) < 4.78 is 11.0. The molecule has 4 rings (SSSR count). The van der Waals surface area contributed by atoms with E-state index >= 15 is 0 Å². The Morgan fingerprint density at radius 1 is 1.00 bits per heavy atom. The number of rotatable bonds is 4. The zero-order valence-electron chi connectivity index (χ0n) is 16.8. The van der Waals surface area contributed by atoms with Gasteiger partial charge in [-0.1, -0.05) is 12.1 Å². The number of carbonyl (C=O) groups is 1. The van der Waals surface area contributed by atoms with Gasteiger partial charge in [-0.05, 0) is 42.2 Å². The maximum absolute atomic E-state index is 12.9. The van der Waals surface area contributed by atoms with Gasteiger partial charge in [0.1, 0.15) is 0 Å². The Balaban J connectivity index is 1.90. The SMILES string of the molecule is COc1cc2c(cc1OC)C(c1ccc(N(C)C)cc1)C1=C(CCCC1=O)N2. The fourth-order valence-corrected chi connectivity index (χ4v) is 4.20. The molecule has 0 fully saturated rings. The summed E-state index contributed by atoms with van der Waals surface area (Å²) in [6.07, 6.45) is 2.39. The van der Waals surface area contributed by atoms with Gasteiger partial charge in [-0.3, -0.25) is 4.79 Å². The van der Waals surface area contributed by atoms with Gasteiger partial charge in [0.05, 0.1) is 14.2 Å². The first kappa shape index (κ1) is 18.4. The summed E-state index contributed by atoms with van der Waals surface area (Å²) in [6.45, 7) is 0. The molecule has 0 amide bonds. The van der Waals surface area contributed by atoms with Gasteiger partial charge in [-0.25, -0.2) is 0 Å². The van der Waals surface area contributed by atoms with E-state index in [0.29, 0.717) is 17.9 Å². The van der Waals surface area contributed by atoms with Crippen molar-refractivity contribution < 1.29 is 14.3 Å². The minimum absolute atomic E-state index is 0.102. The van der Waals surface area contributed by atoms with E-state index in [9.17, 15) is 4.79 Å². The molecule has 2 aromatic rings. The van der Waals surface area contributed by atoms with Crippen molar-refractivity contribution in [3.05, 3.63) is 58.8 Å². The van der Waals surface area contributed by atoms with Gasteiger partial charge >= 0.3 is 0 Å². The monoisotopic (exact) mass is 378 g/mol. The molecular weight excluding hydrogens is 352 g/mol. The van der Waals surface area contributed by atoms with Crippen LogP contribution < -0.4 is 19.7 Å². The Labute approximate surface area is 165 Å². The standard InChI is InChI=1S/C23H26N2O3/c1-25(2)15-10-8-14(9-11-15)22-16-12-20(27-3)21(28-4)13-18(16)24-17-6-5-7-19(26)23(17)22/h8-13,22,24H,5-7H2,1-4H3. The Hall–Kier alpha value is -2.95. The highest BCUT2D eigenvalue weighted by molar-refractivity contribution is 6.01. The number of hydrogen-bond acceptors (Lipinski definition) is 5. The summed E-state index contributed by atoms with van der Waals surface area (Å²) in [5, 5.41) is 3.50. The predicted molar refractivity (Wildman–Crippen MR) is 112 cm³/mol. The van der Waals surface area contributed by atoms with Crippen LogP contribution in [0.2, 0.25) is 0 Å². The topological polar surface area (TPSA) is 50.8 Å². The normalized spacial score (nSPS) is 18.1. The van der Waals surface area contributed by atoms with E-state index in [-0.39, 0.29) is 11.7 Å². The van der Waals surface area contributed by atoms with Crippen molar-refractivity contribution >= 4 is 17.2 Å². The summed E-state index contributed by atoms with van der Waals surface area (Å²) in [5.74, 6) is 1.48. The summed E-state index contributed by atoms with van der Waals surface area (Å²) in [6, 6.07) is 12.4. The van der Waals surface area contributed by atoms with Gasteiger partial charge in [0.15, 0.2) is 17.3 Å². The number of nitrogens with one attached hydrogen (secondary N) is 1. The van der Waals surface area contributed by atoms with Crippen molar-refractivity contribution in [2.45, 2.75) is 25.2 Å². The number of benzene rings is 2. The smallest absolute Gasteiger partial charge is 0.162 e. The predicted octanol–water partition coefficient (Wildman–Crippen LogP) is 4.33. The highest BCUT2D eigenvalue weighted by atomic mass is 16.5. The Morgan fingerprint density at radius 2 is 1.68 bits per heavy atom. The van der Waals surface area contributed by atoms with Gasteiger partial charge in [0.25, 0.3) is 0 Å². The molecule has 2 aromatic carbocycles. The van der Waals surface area contributed by atoms with E-state index < -0.39 is 0 Å². The third-order valence-electron chi connectivity index (χ3n) is 5.64. The molecular formula is C23H26N2O3. The number of methoxy groups -OCH3 is 2. The first-order chi connectivity index (χ1) is 13.5. The molecule has 1 atom stereocenters. The third-order valence-corrected chi connectivity index (χ3v) is 5.64. The average Bonchev–Trinajstić information content (AvgIpc) is 2.71. The zero-order chi connectivity index (χ0) is 19.8. The Morgan fingerprint density at radius 3 is 2.32 bits per heavy atom. The highest BCUT2D eigenvalue weighted by Crippen LogP contribution is 2.48. The van der Waals surface area contributed by atoms with Crippen molar-refractivity contribution in [2.24, 2.45) is 0 Å². The lowest BCUT2D eigenvalue weighted by Crippen LogP contribution is -2.27. The zero-order valence-corrected chi connectivity index (χ0v) is 16.8. The number of allylic oxidation sites excluding steroid dienone is 2. The molecule has 0 saturated heterocycles. The van der Waals surface area contributed by atoms with Crippen molar-refractivity contribution in [3.63, 3.8) is 0 Å². The van der Waals surface area contributed by atoms with Crippen molar-refractivity contribution in [2.75, 3.05) is 38.5 Å². The molecule has 0 saturated carbocycles. The van der Waals surface area contributed by atoms with Crippen LogP contribution in [-0.2, 0) is 4.79 Å². The highest BCUT2D eigenvalue weighted by Gasteiger charge is 2.35. The second-order valence-electron chi connectivity index (χ2n) is 7.51. The number of hydrogen-bond donors (Lipinski definition) is 1. The van der Waals surface area contributed by atoms with Crippen molar-refractivity contribution in [1.29, 1.82) is 0 Å². The van der Waals surface area contributed by atoms with Crippen LogP contribution in [0.4, 0.5) is 11.4 Å². The maximum atomic E-state index is 12.9. The number of anilines is 2. The van der Waals surface area contributed by atoms with Gasteiger partial charge in [-0.15, -0.1) is 0 Å². The van der Waals surface area contributed by atoms with Crippen LogP contribution in [0.3, 0.4) is 0 Å². The van der Waals surface area contributed by atoms with Gasteiger partial charge < -0.3 is 19.7 Å². The number of Topliss-reactive ketones (excluding diaryl/α,β-unsaturated/α-hetero) is 1. The number of nitrogens with zero attached hydrogens (tertiary/aromatic N) is 1. The van der Waals surface area contributed by atoms with E-state index in [1.165, 1.54) is 0 Å². The van der Waals surface area contributed by atoms with E-state index in [2.05, 4.69) is 34.5 Å². The quantitative estimate of drug-likeness (QED) is 0.858. The number of ketones is 1. The van der Waals surface area contributed by atoms with Crippen LogP contribution in [0.15, 0.2) is 47.7 Å². The van der Waals surface area contributed by atoms with Crippen molar-refractivity contribution in [1.82, 2.24) is 0 Å². The fraction of sp³-hybridized carbons (Fsp3) is 0.348. The third kappa shape index (κ3) is 3.01. The molecule has 5 heteroatoms. The first-order valence-electron chi connectivity index (χ1n) is 9.60. The number of carbonyl (C=O) groups excluding carboxylic acids is 1. The van der Waals surface area contributed by atoms with Crippen LogP contribution in [0, 0.1) is 0 Å². The molecule has 1 unspecified atom stereocenters. The molecule has 1 N–H and O–H groups in total. The van der Waals surface area contributed by atoms with Crippen LogP contribution in [0.25, 0.3) is 0 Å². The molecule has 0 aromatic heterocycles. The molecule has 28 heavy (non-hydrogen) atoms. The lowest BCUT2D eigenvalue weighted by Gasteiger charge is -2.34. The van der Waals surface area contributed by atoms with Crippen LogP contribution >= 0.6 is 0 Å². The molecule has 1 aliphatic carbocycles. The van der Waals surface area contributed by atoms with Gasteiger partial charge in [-0.2, -0.15) is 0 Å². The molecule has 1 heterocycles. The summed E-state index contributed by atoms with van der Waals surface area (Å²) in [4.78, 5) is 15.0. The van der Waals surface area contributed by atoms with Gasteiger partial charge in [0.2, 0.25) is 0 Å². The summed E-state index contributed by atoms with van der Waals surface area (Å²) in [7, 11) is 7.33. The molecule has 1 aliphatic heterocycles. The van der Waals surface area contributed by atoms with Crippen LogP contribution in [0.5, 0.6) is 11.5 Å². The lowest BCUT2D eigenvalue weighted by atomic mass is 9.75. The van der Waals surface area contributed by atoms with Crippen LogP contribution in [0.1, 0.15) is 36.3 Å². The Kier molecular flexibility index (Phi) is 4.75. The summed E-state index contributed by atoms with van der Waals surface area (Å²) in [5.41, 5.74) is 6.20. The second kappa shape index (κ2) is 7.23. The van der Waals surface area contributed by atoms with E-state index in [4.69, 9.17) is 9.47 Å². The largest absolute Gasteiger partial charge is 0.493 e. The van der Waals surface area contributed by atoms with Crippen LogP contribution in [-0.4, -0.2) is 34.1 Å². The molecule has 0 spiro atoms. The maximum Gasteiger partial charge on any atom is 0.162 e. The van der Waals surface area contributed by atoms with Crippen molar-refractivity contribution in [3.8, 4) is 11.5 Å². The Bertz CT molecular complexity index is 945. The average molecular weight is 378 g/mol.